The molecule has 9 heteroatoms. The van der Waals surface area contributed by atoms with Gasteiger partial charge in [-0.2, -0.15) is 10.1 Å². The molecule has 3 heterocycles. The van der Waals surface area contributed by atoms with Crippen molar-refractivity contribution in [1.29, 1.82) is 0 Å². The summed E-state index contributed by atoms with van der Waals surface area (Å²) >= 11 is 0. The van der Waals surface area contributed by atoms with E-state index in [-0.39, 0.29) is 0 Å². The second-order valence-corrected chi connectivity index (χ2v) is 6.50. The Morgan fingerprint density at radius 3 is 2.77 bits per heavy atom. The molecule has 0 amide bonds. The summed E-state index contributed by atoms with van der Waals surface area (Å²) in [7, 11) is 0. The Morgan fingerprint density at radius 1 is 1.27 bits per heavy atom. The van der Waals surface area contributed by atoms with Crippen molar-refractivity contribution in [2.45, 2.75) is 45.1 Å². The predicted octanol–water partition coefficient (Wildman–Crippen LogP) is 2.15. The van der Waals surface area contributed by atoms with Gasteiger partial charge in [0.05, 0.1) is 29.6 Å². The molecule has 0 saturated heterocycles. The van der Waals surface area contributed by atoms with E-state index < -0.39 is 5.54 Å². The smallest absolute Gasteiger partial charge is 0.261 e. The van der Waals surface area contributed by atoms with Gasteiger partial charge in [-0.1, -0.05) is 18.0 Å². The number of nitrogens with zero attached hydrogens (tertiary/aromatic N) is 6. The van der Waals surface area contributed by atoms with Crippen molar-refractivity contribution in [1.82, 2.24) is 30.1 Å². The van der Waals surface area contributed by atoms with E-state index in [2.05, 4.69) is 25.4 Å². The van der Waals surface area contributed by atoms with Crippen LogP contribution < -0.4 is 10.5 Å². The van der Waals surface area contributed by atoms with E-state index in [0.29, 0.717) is 30.0 Å². The zero-order chi connectivity index (χ0) is 18.1. The summed E-state index contributed by atoms with van der Waals surface area (Å²) in [5.41, 5.74) is 7.51. The average molecular weight is 355 g/mol. The van der Waals surface area contributed by atoms with Gasteiger partial charge in [0.2, 0.25) is 5.88 Å². The maximum Gasteiger partial charge on any atom is 0.261 e. The van der Waals surface area contributed by atoms with Gasteiger partial charge in [0, 0.05) is 6.07 Å². The standard InChI is InChI=1S/C17H21N7O2/c1-3-25-14-7-6-13(21-22-14)24-11(2)12(10-19-24)15-20-16(23-26-15)17(18)8-4-5-9-17/h6-7,10H,3-5,8-9,18H2,1-2H3. The van der Waals surface area contributed by atoms with Crippen LogP contribution in [0, 0.1) is 6.92 Å². The summed E-state index contributed by atoms with van der Waals surface area (Å²) in [6, 6.07) is 3.56. The number of rotatable bonds is 5. The molecule has 9 nitrogen and oxygen atoms in total. The third-order valence-corrected chi connectivity index (χ3v) is 4.74. The minimum Gasteiger partial charge on any atom is -0.477 e. The number of hydrogen-bond acceptors (Lipinski definition) is 8. The molecule has 0 aromatic carbocycles. The molecule has 136 valence electrons. The van der Waals surface area contributed by atoms with Crippen LogP contribution in [0.3, 0.4) is 0 Å². The number of hydrogen-bond donors (Lipinski definition) is 1. The van der Waals surface area contributed by atoms with Crippen LogP contribution in [-0.4, -0.2) is 36.7 Å². The Hall–Kier alpha value is -2.81. The molecule has 0 radical (unpaired) electrons. The first kappa shape index (κ1) is 16.6. The predicted molar refractivity (Wildman–Crippen MR) is 92.7 cm³/mol. The summed E-state index contributed by atoms with van der Waals surface area (Å²) in [5, 5.41) is 16.7. The first-order chi connectivity index (χ1) is 12.6. The second kappa shape index (κ2) is 6.49. The Balaban J connectivity index is 1.62. The molecular formula is C17H21N7O2. The minimum atomic E-state index is -0.480. The highest BCUT2D eigenvalue weighted by Gasteiger charge is 2.36. The summed E-state index contributed by atoms with van der Waals surface area (Å²) in [6.45, 7) is 4.36. The summed E-state index contributed by atoms with van der Waals surface area (Å²) < 4.78 is 12.4. The van der Waals surface area contributed by atoms with Crippen molar-refractivity contribution < 1.29 is 9.26 Å². The van der Waals surface area contributed by atoms with Gasteiger partial charge in [0.1, 0.15) is 0 Å². The number of ether oxygens (including phenoxy) is 1. The highest BCUT2D eigenvalue weighted by Crippen LogP contribution is 2.35. The SMILES string of the molecule is CCOc1ccc(-n2ncc(-c3nc(C4(N)CCCC4)no3)c2C)nn1. The average Bonchev–Trinajstić information content (AvgIpc) is 3.36. The Labute approximate surface area is 150 Å². The molecule has 1 aliphatic carbocycles. The number of nitrogens with two attached hydrogens (primary N) is 1. The van der Waals surface area contributed by atoms with E-state index in [1.807, 2.05) is 13.8 Å². The Morgan fingerprint density at radius 2 is 2.08 bits per heavy atom. The van der Waals surface area contributed by atoms with Gasteiger partial charge in [0.15, 0.2) is 11.6 Å². The summed E-state index contributed by atoms with van der Waals surface area (Å²) in [4.78, 5) is 4.53. The molecule has 3 aromatic rings. The molecule has 1 fully saturated rings. The number of aromatic nitrogens is 6. The zero-order valence-corrected chi connectivity index (χ0v) is 14.8. The van der Waals surface area contributed by atoms with Crippen LogP contribution in [-0.2, 0) is 5.54 Å². The Bertz CT molecular complexity index is 894. The second-order valence-electron chi connectivity index (χ2n) is 6.50. The van der Waals surface area contributed by atoms with Crippen molar-refractivity contribution in [3.63, 3.8) is 0 Å². The summed E-state index contributed by atoms with van der Waals surface area (Å²) in [5.74, 6) is 2.05. The van der Waals surface area contributed by atoms with Crippen molar-refractivity contribution >= 4 is 0 Å². The van der Waals surface area contributed by atoms with E-state index in [1.165, 1.54) is 0 Å². The molecule has 1 aliphatic rings. The van der Waals surface area contributed by atoms with Gasteiger partial charge in [0.25, 0.3) is 5.89 Å². The van der Waals surface area contributed by atoms with Crippen LogP contribution in [0.4, 0.5) is 0 Å². The third kappa shape index (κ3) is 2.84. The third-order valence-electron chi connectivity index (χ3n) is 4.74. The van der Waals surface area contributed by atoms with Crippen LogP contribution in [0.1, 0.15) is 44.1 Å². The lowest BCUT2D eigenvalue weighted by molar-refractivity contribution is 0.322. The molecule has 0 atom stereocenters. The highest BCUT2D eigenvalue weighted by molar-refractivity contribution is 5.56. The van der Waals surface area contributed by atoms with Gasteiger partial charge in [-0.25, -0.2) is 4.68 Å². The fourth-order valence-corrected chi connectivity index (χ4v) is 3.27. The van der Waals surface area contributed by atoms with E-state index in [9.17, 15) is 0 Å². The summed E-state index contributed by atoms with van der Waals surface area (Å²) in [6.07, 6.45) is 5.63. The van der Waals surface area contributed by atoms with Crippen LogP contribution in [0.2, 0.25) is 0 Å². The lowest BCUT2D eigenvalue weighted by Crippen LogP contribution is -2.34. The Kier molecular flexibility index (Phi) is 4.15. The molecule has 1 saturated carbocycles. The van der Waals surface area contributed by atoms with Gasteiger partial charge in [-0.15, -0.1) is 10.2 Å². The van der Waals surface area contributed by atoms with Crippen molar-refractivity contribution in [3.8, 4) is 23.2 Å². The molecule has 0 spiro atoms. The molecule has 0 bridgehead atoms. The first-order valence-corrected chi connectivity index (χ1v) is 8.76. The minimum absolute atomic E-state index is 0.416. The molecular weight excluding hydrogens is 334 g/mol. The van der Waals surface area contributed by atoms with Gasteiger partial charge < -0.3 is 15.0 Å². The molecule has 4 rings (SSSR count). The molecule has 26 heavy (non-hydrogen) atoms. The molecule has 2 N–H and O–H groups in total. The topological polar surface area (TPSA) is 118 Å². The van der Waals surface area contributed by atoms with E-state index in [1.54, 1.807) is 23.0 Å². The normalized spacial score (nSPS) is 16.1. The van der Waals surface area contributed by atoms with Gasteiger partial charge in [-0.05, 0) is 32.8 Å². The lowest BCUT2D eigenvalue weighted by Gasteiger charge is -2.17. The maximum absolute atomic E-state index is 6.41. The van der Waals surface area contributed by atoms with E-state index >= 15 is 0 Å². The quantitative estimate of drug-likeness (QED) is 0.739. The molecule has 3 aromatic heterocycles. The van der Waals surface area contributed by atoms with Gasteiger partial charge in [-0.3, -0.25) is 0 Å². The molecule has 0 unspecified atom stereocenters. The van der Waals surface area contributed by atoms with Gasteiger partial charge >= 0.3 is 0 Å². The molecule has 0 aliphatic heterocycles. The highest BCUT2D eigenvalue weighted by atomic mass is 16.5. The first-order valence-electron chi connectivity index (χ1n) is 8.76. The van der Waals surface area contributed by atoms with Crippen molar-refractivity contribution in [2.24, 2.45) is 5.73 Å². The maximum atomic E-state index is 6.41. The van der Waals surface area contributed by atoms with Crippen LogP contribution >= 0.6 is 0 Å². The fourth-order valence-electron chi connectivity index (χ4n) is 3.27. The zero-order valence-electron chi connectivity index (χ0n) is 14.8. The monoisotopic (exact) mass is 355 g/mol. The van der Waals surface area contributed by atoms with Crippen LogP contribution in [0.15, 0.2) is 22.9 Å². The van der Waals surface area contributed by atoms with Crippen LogP contribution in [0.25, 0.3) is 17.3 Å². The van der Waals surface area contributed by atoms with E-state index in [4.69, 9.17) is 15.0 Å². The van der Waals surface area contributed by atoms with Crippen molar-refractivity contribution in [2.75, 3.05) is 6.61 Å². The van der Waals surface area contributed by atoms with Crippen molar-refractivity contribution in [3.05, 3.63) is 29.8 Å². The van der Waals surface area contributed by atoms with Crippen LogP contribution in [0.5, 0.6) is 5.88 Å². The lowest BCUT2D eigenvalue weighted by atomic mass is 9.99. The van der Waals surface area contributed by atoms with E-state index in [0.717, 1.165) is 36.9 Å². The fraction of sp³-hybridized carbons (Fsp3) is 0.471. The largest absolute Gasteiger partial charge is 0.477 e.